The molecule has 1 fully saturated rings. The van der Waals surface area contributed by atoms with Gasteiger partial charge in [-0.25, -0.2) is 14.2 Å². The summed E-state index contributed by atoms with van der Waals surface area (Å²) in [7, 11) is 0. The quantitative estimate of drug-likeness (QED) is 0.484. The Kier molecular flexibility index (Phi) is 6.05. The summed E-state index contributed by atoms with van der Waals surface area (Å²) in [4.78, 5) is 15.3. The Morgan fingerprint density at radius 1 is 1.19 bits per heavy atom. The second-order valence-corrected chi connectivity index (χ2v) is 8.85. The van der Waals surface area contributed by atoms with Gasteiger partial charge in [0.2, 0.25) is 0 Å². The summed E-state index contributed by atoms with van der Waals surface area (Å²) in [5.74, 6) is -1.55. The molecule has 170 valence electrons. The van der Waals surface area contributed by atoms with E-state index in [1.807, 2.05) is 17.6 Å². The first-order valence-corrected chi connectivity index (χ1v) is 11.4. The summed E-state index contributed by atoms with van der Waals surface area (Å²) >= 11 is 1.51. The van der Waals surface area contributed by atoms with E-state index in [4.69, 9.17) is 4.74 Å². The number of rotatable bonds is 5. The number of nitrogens with zero attached hydrogens (tertiary/aromatic N) is 2. The molecule has 0 spiro atoms. The molecule has 1 amide bonds. The molecular weight excluding hydrogens is 438 g/mol. The van der Waals surface area contributed by atoms with Crippen LogP contribution in [-0.4, -0.2) is 60.3 Å². The fraction of sp³-hybridized carbons (Fsp3) is 0.381. The van der Waals surface area contributed by atoms with Crippen molar-refractivity contribution in [1.29, 1.82) is 0 Å². The molecule has 1 aromatic carbocycles. The zero-order chi connectivity index (χ0) is 22.1. The number of benzene rings is 1. The number of morpholine rings is 1. The van der Waals surface area contributed by atoms with Crippen molar-refractivity contribution >= 4 is 17.7 Å². The van der Waals surface area contributed by atoms with Crippen LogP contribution in [0.1, 0.15) is 11.6 Å². The zero-order valence-electron chi connectivity index (χ0n) is 17.2. The fourth-order valence-corrected chi connectivity index (χ4v) is 4.84. The Balaban J connectivity index is 1.18. The molecule has 3 atom stereocenters. The second kappa shape index (κ2) is 9.10. The van der Waals surface area contributed by atoms with E-state index in [2.05, 4.69) is 26.3 Å². The highest BCUT2D eigenvalue weighted by atomic mass is 32.2. The molecule has 11 heteroatoms. The maximum atomic E-state index is 13.6. The molecule has 4 aliphatic heterocycles. The van der Waals surface area contributed by atoms with Crippen LogP contribution < -0.4 is 21.4 Å². The van der Waals surface area contributed by atoms with Crippen molar-refractivity contribution in [3.8, 4) is 0 Å². The van der Waals surface area contributed by atoms with E-state index in [1.165, 1.54) is 23.9 Å². The molecule has 0 radical (unpaired) electrons. The van der Waals surface area contributed by atoms with Gasteiger partial charge in [-0.2, -0.15) is 0 Å². The van der Waals surface area contributed by atoms with Gasteiger partial charge in [-0.15, -0.1) is 0 Å². The topological polar surface area (TPSA) is 80.9 Å². The number of hydrogen-bond acceptors (Lipinski definition) is 8. The molecule has 4 aliphatic rings. The first-order valence-electron chi connectivity index (χ1n) is 10.4. The summed E-state index contributed by atoms with van der Waals surface area (Å²) < 4.78 is 32.7. The number of nitrogens with one attached hydrogen (secondary N) is 4. The summed E-state index contributed by atoms with van der Waals surface area (Å²) in [5, 5.41) is 13.1. The SMILES string of the molecule is O=C(NC1NC(CN2CCOCC2)=CS1)C1=CNC2C=CC(c3cc(F)cc(F)c3)NN12. The third-order valence-corrected chi connectivity index (χ3v) is 6.52. The Bertz CT molecular complexity index is 961. The molecule has 0 bridgehead atoms. The highest BCUT2D eigenvalue weighted by Crippen LogP contribution is 2.27. The monoisotopic (exact) mass is 462 g/mol. The molecule has 3 unspecified atom stereocenters. The summed E-state index contributed by atoms with van der Waals surface area (Å²) in [5.41, 5.74) is 4.79. The number of hydrogen-bond donors (Lipinski definition) is 4. The third-order valence-electron chi connectivity index (χ3n) is 5.59. The normalized spacial score (nSPS) is 27.3. The van der Waals surface area contributed by atoms with Crippen LogP contribution in [0.5, 0.6) is 0 Å². The van der Waals surface area contributed by atoms with E-state index < -0.39 is 17.7 Å². The Morgan fingerprint density at radius 2 is 1.97 bits per heavy atom. The Morgan fingerprint density at radius 3 is 2.75 bits per heavy atom. The van der Waals surface area contributed by atoms with Gasteiger partial charge in [0.15, 0.2) is 5.50 Å². The molecule has 1 saturated heterocycles. The number of carbonyl (C=O) groups is 1. The molecule has 0 saturated carbocycles. The van der Waals surface area contributed by atoms with E-state index in [9.17, 15) is 13.6 Å². The van der Waals surface area contributed by atoms with Crippen LogP contribution in [0.25, 0.3) is 0 Å². The van der Waals surface area contributed by atoms with Crippen molar-refractivity contribution in [3.63, 3.8) is 0 Å². The van der Waals surface area contributed by atoms with Crippen LogP contribution in [0.15, 0.2) is 53.4 Å². The number of halogens is 2. The molecule has 0 aliphatic carbocycles. The van der Waals surface area contributed by atoms with E-state index in [0.717, 1.165) is 44.6 Å². The average molecular weight is 463 g/mol. The van der Waals surface area contributed by atoms with Gasteiger partial charge in [0, 0.05) is 37.6 Å². The van der Waals surface area contributed by atoms with Gasteiger partial charge in [-0.05, 0) is 29.2 Å². The highest BCUT2D eigenvalue weighted by Gasteiger charge is 2.34. The van der Waals surface area contributed by atoms with Gasteiger partial charge in [0.05, 0.1) is 19.3 Å². The van der Waals surface area contributed by atoms with Crippen molar-refractivity contribution in [2.45, 2.75) is 17.7 Å². The van der Waals surface area contributed by atoms with Gasteiger partial charge >= 0.3 is 0 Å². The number of fused-ring (bicyclic) bond motifs is 1. The first kappa shape index (κ1) is 21.3. The van der Waals surface area contributed by atoms with Gasteiger partial charge in [-0.3, -0.25) is 14.7 Å². The van der Waals surface area contributed by atoms with Crippen molar-refractivity contribution in [2.75, 3.05) is 32.8 Å². The second-order valence-electron chi connectivity index (χ2n) is 7.87. The molecule has 4 heterocycles. The minimum absolute atomic E-state index is 0.260. The standard InChI is InChI=1S/C21H24F2N6O2S/c22-14-7-13(8-15(23)9-14)17-1-2-19-24-10-18(29(19)27-17)20(30)26-21-25-16(12-32-21)11-28-3-5-31-6-4-28/h1-2,7-10,12,17,19,21,24-25,27H,3-6,11H2,(H,26,30). The predicted octanol–water partition coefficient (Wildman–Crippen LogP) is 1.06. The zero-order valence-corrected chi connectivity index (χ0v) is 18.0. The van der Waals surface area contributed by atoms with E-state index in [1.54, 1.807) is 11.2 Å². The number of ether oxygens (including phenoxy) is 1. The molecular formula is C21H24F2N6O2S. The van der Waals surface area contributed by atoms with E-state index in [0.29, 0.717) is 11.3 Å². The van der Waals surface area contributed by atoms with Gasteiger partial charge in [-0.1, -0.05) is 17.8 Å². The van der Waals surface area contributed by atoms with Crippen molar-refractivity contribution in [2.24, 2.45) is 0 Å². The van der Waals surface area contributed by atoms with E-state index >= 15 is 0 Å². The van der Waals surface area contributed by atoms with Crippen molar-refractivity contribution in [3.05, 3.63) is 70.6 Å². The first-order chi connectivity index (χ1) is 15.5. The van der Waals surface area contributed by atoms with Crippen LogP contribution in [0.3, 0.4) is 0 Å². The number of hydrazine groups is 1. The van der Waals surface area contributed by atoms with Crippen LogP contribution in [-0.2, 0) is 9.53 Å². The van der Waals surface area contributed by atoms with Crippen molar-refractivity contribution < 1.29 is 18.3 Å². The van der Waals surface area contributed by atoms with Crippen LogP contribution in [0.4, 0.5) is 8.78 Å². The van der Waals surface area contributed by atoms with Gasteiger partial charge in [0.25, 0.3) is 5.91 Å². The summed E-state index contributed by atoms with van der Waals surface area (Å²) in [6, 6.07) is 2.93. The minimum Gasteiger partial charge on any atom is -0.379 e. The Hall–Kier alpha value is -2.60. The molecule has 32 heavy (non-hydrogen) atoms. The number of thioether (sulfide) groups is 1. The molecule has 0 aromatic heterocycles. The predicted molar refractivity (Wildman–Crippen MR) is 116 cm³/mol. The van der Waals surface area contributed by atoms with E-state index in [-0.39, 0.29) is 17.6 Å². The molecule has 8 nitrogen and oxygen atoms in total. The van der Waals surface area contributed by atoms with Crippen LogP contribution in [0.2, 0.25) is 0 Å². The lowest BCUT2D eigenvalue weighted by atomic mass is 10.0. The minimum atomic E-state index is -0.643. The lowest BCUT2D eigenvalue weighted by molar-refractivity contribution is -0.119. The van der Waals surface area contributed by atoms with Gasteiger partial charge < -0.3 is 20.7 Å². The van der Waals surface area contributed by atoms with Crippen molar-refractivity contribution in [1.82, 2.24) is 31.3 Å². The number of amides is 1. The molecule has 5 rings (SSSR count). The smallest absolute Gasteiger partial charge is 0.272 e. The van der Waals surface area contributed by atoms with Gasteiger partial charge in [0.1, 0.15) is 23.5 Å². The maximum absolute atomic E-state index is 13.6. The fourth-order valence-electron chi connectivity index (χ4n) is 4.01. The molecule has 1 aromatic rings. The lowest BCUT2D eigenvalue weighted by Gasteiger charge is -2.35. The highest BCUT2D eigenvalue weighted by molar-refractivity contribution is 8.02. The largest absolute Gasteiger partial charge is 0.379 e. The average Bonchev–Trinajstić information content (AvgIpc) is 3.40. The molecule has 4 N–H and O–H groups in total. The third kappa shape index (κ3) is 4.60. The summed E-state index contributed by atoms with van der Waals surface area (Å²) in [6.07, 6.45) is 5.04. The summed E-state index contributed by atoms with van der Waals surface area (Å²) in [6.45, 7) is 4.06. The van der Waals surface area contributed by atoms with Crippen LogP contribution in [0, 0.1) is 11.6 Å². The lowest BCUT2D eigenvalue weighted by Crippen LogP contribution is -2.52. The van der Waals surface area contributed by atoms with Crippen LogP contribution >= 0.6 is 11.8 Å². The Labute approximate surface area is 188 Å². The maximum Gasteiger partial charge on any atom is 0.272 e. The number of carbonyl (C=O) groups excluding carboxylic acids is 1.